The smallest absolute Gasteiger partial charge is 0.0362 e. The van der Waals surface area contributed by atoms with Crippen molar-refractivity contribution in [3.63, 3.8) is 0 Å². The SMILES string of the molecule is CC1CN(CCSCc2ccccc2)CCS(=O)C1. The summed E-state index contributed by atoms with van der Waals surface area (Å²) in [6, 6.07) is 10.6. The fourth-order valence-corrected chi connectivity index (χ4v) is 4.71. The van der Waals surface area contributed by atoms with Crippen LogP contribution in [0.25, 0.3) is 0 Å². The Kier molecular flexibility index (Phi) is 6.41. The summed E-state index contributed by atoms with van der Waals surface area (Å²) in [6.07, 6.45) is 0. The molecule has 4 heteroatoms. The molecular weight excluding hydrogens is 274 g/mol. The third kappa shape index (κ3) is 5.67. The molecule has 1 aromatic rings. The Bertz CT molecular complexity index is 396. The molecule has 1 aromatic carbocycles. The second-order valence-corrected chi connectivity index (χ2v) is 7.98. The number of rotatable bonds is 5. The second-order valence-electron chi connectivity index (χ2n) is 5.25. The number of benzene rings is 1. The standard InChI is InChI=1S/C15H23NOS2/c1-14-11-16(8-10-19(17)13-14)7-9-18-12-15-5-3-2-4-6-15/h2-6,14H,7-13H2,1H3. The minimum Gasteiger partial charge on any atom is -0.301 e. The van der Waals surface area contributed by atoms with Gasteiger partial charge in [0, 0.05) is 53.4 Å². The van der Waals surface area contributed by atoms with E-state index in [-0.39, 0.29) is 0 Å². The van der Waals surface area contributed by atoms with Crippen LogP contribution in [0.5, 0.6) is 0 Å². The summed E-state index contributed by atoms with van der Waals surface area (Å²) in [6.45, 7) is 5.45. The van der Waals surface area contributed by atoms with E-state index in [9.17, 15) is 4.21 Å². The molecule has 19 heavy (non-hydrogen) atoms. The molecule has 0 radical (unpaired) electrons. The molecule has 2 rings (SSSR count). The molecule has 1 saturated heterocycles. The van der Waals surface area contributed by atoms with Crippen molar-refractivity contribution >= 4 is 22.6 Å². The molecule has 1 aliphatic heterocycles. The molecule has 2 atom stereocenters. The summed E-state index contributed by atoms with van der Waals surface area (Å²) >= 11 is 1.99. The Morgan fingerprint density at radius 2 is 2.16 bits per heavy atom. The lowest BCUT2D eigenvalue weighted by atomic mass is 10.2. The van der Waals surface area contributed by atoms with Crippen molar-refractivity contribution in [2.24, 2.45) is 5.92 Å². The zero-order valence-corrected chi connectivity index (χ0v) is 13.2. The number of hydrogen-bond donors (Lipinski definition) is 0. The average molecular weight is 297 g/mol. The van der Waals surface area contributed by atoms with Crippen molar-refractivity contribution in [2.75, 3.05) is 36.9 Å². The van der Waals surface area contributed by atoms with E-state index >= 15 is 0 Å². The zero-order chi connectivity index (χ0) is 13.5. The molecule has 0 aliphatic carbocycles. The van der Waals surface area contributed by atoms with Gasteiger partial charge in [0.15, 0.2) is 0 Å². The van der Waals surface area contributed by atoms with Crippen LogP contribution in [0.4, 0.5) is 0 Å². The Balaban J connectivity index is 1.66. The lowest BCUT2D eigenvalue weighted by Crippen LogP contribution is -2.31. The maximum atomic E-state index is 11.6. The maximum Gasteiger partial charge on any atom is 0.0362 e. The second kappa shape index (κ2) is 8.08. The van der Waals surface area contributed by atoms with Crippen LogP contribution in [0.3, 0.4) is 0 Å². The van der Waals surface area contributed by atoms with Crippen molar-refractivity contribution < 1.29 is 4.21 Å². The fraction of sp³-hybridized carbons (Fsp3) is 0.600. The Hall–Kier alpha value is -0.320. The Morgan fingerprint density at radius 1 is 1.37 bits per heavy atom. The first-order valence-corrected chi connectivity index (χ1v) is 9.57. The molecule has 0 spiro atoms. The van der Waals surface area contributed by atoms with Crippen LogP contribution in [0.2, 0.25) is 0 Å². The molecule has 0 saturated carbocycles. The van der Waals surface area contributed by atoms with Gasteiger partial charge >= 0.3 is 0 Å². The van der Waals surface area contributed by atoms with Crippen LogP contribution >= 0.6 is 11.8 Å². The summed E-state index contributed by atoms with van der Waals surface area (Å²) in [7, 11) is -0.594. The third-order valence-electron chi connectivity index (χ3n) is 3.34. The van der Waals surface area contributed by atoms with Crippen molar-refractivity contribution in [2.45, 2.75) is 12.7 Å². The highest BCUT2D eigenvalue weighted by molar-refractivity contribution is 7.98. The van der Waals surface area contributed by atoms with Gasteiger partial charge < -0.3 is 4.90 Å². The van der Waals surface area contributed by atoms with E-state index in [1.54, 1.807) is 0 Å². The molecule has 1 heterocycles. The quantitative estimate of drug-likeness (QED) is 0.779. The number of hydrogen-bond acceptors (Lipinski definition) is 3. The Morgan fingerprint density at radius 3 is 2.95 bits per heavy atom. The van der Waals surface area contributed by atoms with Gasteiger partial charge in [-0.1, -0.05) is 37.3 Å². The highest BCUT2D eigenvalue weighted by atomic mass is 32.2. The summed E-state index contributed by atoms with van der Waals surface area (Å²) in [5.41, 5.74) is 1.40. The first kappa shape index (κ1) is 15.1. The van der Waals surface area contributed by atoms with Crippen molar-refractivity contribution in [3.05, 3.63) is 35.9 Å². The van der Waals surface area contributed by atoms with E-state index in [0.29, 0.717) is 5.92 Å². The number of nitrogens with zero attached hydrogens (tertiary/aromatic N) is 1. The molecule has 2 nitrogen and oxygen atoms in total. The van der Waals surface area contributed by atoms with Crippen LogP contribution in [-0.2, 0) is 16.6 Å². The van der Waals surface area contributed by atoms with E-state index in [1.165, 1.54) is 5.56 Å². The van der Waals surface area contributed by atoms with Gasteiger partial charge in [-0.05, 0) is 11.5 Å². The van der Waals surface area contributed by atoms with Crippen molar-refractivity contribution in [3.8, 4) is 0 Å². The lowest BCUT2D eigenvalue weighted by Gasteiger charge is -2.21. The largest absolute Gasteiger partial charge is 0.301 e. The van der Waals surface area contributed by atoms with Crippen molar-refractivity contribution in [1.82, 2.24) is 4.90 Å². The van der Waals surface area contributed by atoms with Gasteiger partial charge in [-0.3, -0.25) is 4.21 Å². The molecular formula is C15H23NOS2. The summed E-state index contributed by atoms with van der Waals surface area (Å²) < 4.78 is 11.6. The van der Waals surface area contributed by atoms with Gasteiger partial charge in [0.05, 0.1) is 0 Å². The summed E-state index contributed by atoms with van der Waals surface area (Å²) in [4.78, 5) is 2.48. The van der Waals surface area contributed by atoms with Crippen LogP contribution in [-0.4, -0.2) is 46.0 Å². The minimum atomic E-state index is -0.594. The number of thioether (sulfide) groups is 1. The van der Waals surface area contributed by atoms with Crippen LogP contribution < -0.4 is 0 Å². The van der Waals surface area contributed by atoms with Gasteiger partial charge in [-0.2, -0.15) is 11.8 Å². The van der Waals surface area contributed by atoms with Gasteiger partial charge in [0.1, 0.15) is 0 Å². The maximum absolute atomic E-state index is 11.6. The highest BCUT2D eigenvalue weighted by Crippen LogP contribution is 2.13. The monoisotopic (exact) mass is 297 g/mol. The third-order valence-corrected chi connectivity index (χ3v) is 5.93. The van der Waals surface area contributed by atoms with E-state index in [0.717, 1.165) is 42.6 Å². The van der Waals surface area contributed by atoms with E-state index in [1.807, 2.05) is 11.8 Å². The summed E-state index contributed by atoms with van der Waals surface area (Å²) in [5, 5.41) is 0. The average Bonchev–Trinajstić information content (AvgIpc) is 2.57. The molecule has 1 aliphatic rings. The fourth-order valence-electron chi connectivity index (χ4n) is 2.38. The van der Waals surface area contributed by atoms with Crippen molar-refractivity contribution in [1.29, 1.82) is 0 Å². The highest BCUT2D eigenvalue weighted by Gasteiger charge is 2.18. The summed E-state index contributed by atoms with van der Waals surface area (Å²) in [5.74, 6) is 4.56. The van der Waals surface area contributed by atoms with Gasteiger partial charge in [0.2, 0.25) is 0 Å². The van der Waals surface area contributed by atoms with Gasteiger partial charge in [0.25, 0.3) is 0 Å². The molecule has 2 unspecified atom stereocenters. The molecule has 0 bridgehead atoms. The predicted octanol–water partition coefficient (Wildman–Crippen LogP) is 2.62. The minimum absolute atomic E-state index is 0.572. The van der Waals surface area contributed by atoms with Crippen LogP contribution in [0, 0.1) is 5.92 Å². The van der Waals surface area contributed by atoms with Crippen LogP contribution in [0.1, 0.15) is 12.5 Å². The van der Waals surface area contributed by atoms with E-state index in [2.05, 4.69) is 42.2 Å². The lowest BCUT2D eigenvalue weighted by molar-refractivity contribution is 0.281. The molecule has 0 aromatic heterocycles. The molecule has 0 amide bonds. The van der Waals surface area contributed by atoms with E-state index < -0.39 is 10.8 Å². The first-order chi connectivity index (χ1) is 9.24. The Labute approximate surface area is 123 Å². The zero-order valence-electron chi connectivity index (χ0n) is 11.6. The van der Waals surface area contributed by atoms with E-state index in [4.69, 9.17) is 0 Å². The normalized spacial score (nSPS) is 25.1. The van der Waals surface area contributed by atoms with Gasteiger partial charge in [-0.25, -0.2) is 0 Å². The predicted molar refractivity (Wildman–Crippen MR) is 86.1 cm³/mol. The van der Waals surface area contributed by atoms with Crippen LogP contribution in [0.15, 0.2) is 30.3 Å². The molecule has 0 N–H and O–H groups in total. The molecule has 106 valence electrons. The van der Waals surface area contributed by atoms with Gasteiger partial charge in [-0.15, -0.1) is 0 Å². The first-order valence-electron chi connectivity index (χ1n) is 6.93. The molecule has 1 fully saturated rings. The topological polar surface area (TPSA) is 20.3 Å².